The van der Waals surface area contributed by atoms with Crippen molar-refractivity contribution in [1.29, 1.82) is 0 Å². The van der Waals surface area contributed by atoms with Gasteiger partial charge in [-0.3, -0.25) is 4.68 Å². The minimum Gasteiger partial charge on any atom is -0.487 e. The van der Waals surface area contributed by atoms with Crippen LogP contribution in [-0.2, 0) is 26.5 Å². The molecule has 0 spiro atoms. The maximum absolute atomic E-state index is 5.98. The summed E-state index contributed by atoms with van der Waals surface area (Å²) in [6.45, 7) is 3.16. The molecule has 0 aliphatic carbocycles. The van der Waals surface area contributed by atoms with Gasteiger partial charge < -0.3 is 10.5 Å². The molecule has 0 atom stereocenters. The molecular weight excluding hydrogens is 398 g/mol. The summed E-state index contributed by atoms with van der Waals surface area (Å²) in [6.07, 6.45) is 1.69. The van der Waals surface area contributed by atoms with Crippen LogP contribution in [0.25, 0.3) is 0 Å². The molecule has 21 heavy (non-hydrogen) atoms. The van der Waals surface area contributed by atoms with Crippen molar-refractivity contribution in [2.75, 3.05) is 6.54 Å². The van der Waals surface area contributed by atoms with E-state index in [0.29, 0.717) is 13.2 Å². The van der Waals surface area contributed by atoms with Gasteiger partial charge in [0, 0.05) is 11.5 Å². The van der Waals surface area contributed by atoms with Gasteiger partial charge in [0.25, 0.3) is 0 Å². The van der Waals surface area contributed by atoms with Gasteiger partial charge in [-0.15, -0.1) is 0 Å². The third-order valence-corrected chi connectivity index (χ3v) is 4.71. The monoisotopic (exact) mass is 415 g/mol. The number of hydrogen-bond acceptors (Lipinski definition) is 3. The number of aryl methyl sites for hydroxylation is 2. The lowest BCUT2D eigenvalue weighted by atomic mass is 10.1. The first-order valence-corrected chi connectivity index (χ1v) is 8.47. The van der Waals surface area contributed by atoms with Gasteiger partial charge in [0.1, 0.15) is 12.4 Å². The minimum atomic E-state index is 0.475. The lowest BCUT2D eigenvalue weighted by Crippen LogP contribution is -2.07. The van der Waals surface area contributed by atoms with Gasteiger partial charge in [0.15, 0.2) is 0 Å². The zero-order chi connectivity index (χ0) is 15.4. The van der Waals surface area contributed by atoms with Crippen molar-refractivity contribution in [2.45, 2.75) is 26.4 Å². The van der Waals surface area contributed by atoms with Crippen molar-refractivity contribution < 1.29 is 4.74 Å². The smallest absolute Gasteiger partial charge is 0.131 e. The van der Waals surface area contributed by atoms with Crippen LogP contribution in [0.5, 0.6) is 5.75 Å². The lowest BCUT2D eigenvalue weighted by Gasteiger charge is -2.12. The number of nitrogens with two attached hydrogens (primary N) is 1. The second kappa shape index (κ2) is 7.42. The van der Waals surface area contributed by atoms with Gasteiger partial charge in [-0.05, 0) is 59.1 Å². The van der Waals surface area contributed by atoms with Crippen molar-refractivity contribution in [3.63, 3.8) is 0 Å². The Morgan fingerprint density at radius 2 is 2.10 bits per heavy atom. The molecular formula is C15H19Br2N3O. The first-order valence-electron chi connectivity index (χ1n) is 6.88. The first-order chi connectivity index (χ1) is 10.1. The second-order valence-corrected chi connectivity index (χ2v) is 6.47. The lowest BCUT2D eigenvalue weighted by molar-refractivity contribution is 0.291. The summed E-state index contributed by atoms with van der Waals surface area (Å²) >= 11 is 7.09. The fourth-order valence-electron chi connectivity index (χ4n) is 2.16. The molecule has 2 rings (SSSR count). The highest BCUT2D eigenvalue weighted by atomic mass is 79.9. The highest BCUT2D eigenvalue weighted by molar-refractivity contribution is 9.10. The van der Waals surface area contributed by atoms with E-state index in [4.69, 9.17) is 10.5 Å². The van der Waals surface area contributed by atoms with E-state index in [-0.39, 0.29) is 0 Å². The molecule has 0 radical (unpaired) electrons. The first kappa shape index (κ1) is 16.5. The van der Waals surface area contributed by atoms with E-state index in [1.54, 1.807) is 0 Å². The van der Waals surface area contributed by atoms with E-state index < -0.39 is 0 Å². The molecule has 1 heterocycles. The standard InChI is InChI=1S/C15H19Br2N3O/c1-3-12-15(17)13(20(2)19-12)9-21-14-5-4-11(16)8-10(14)6-7-18/h4-5,8H,3,6-7,9,18H2,1-2H3. The summed E-state index contributed by atoms with van der Waals surface area (Å²) in [4.78, 5) is 0. The van der Waals surface area contributed by atoms with Gasteiger partial charge in [0.2, 0.25) is 0 Å². The molecule has 4 nitrogen and oxygen atoms in total. The van der Waals surface area contributed by atoms with Crippen molar-refractivity contribution in [2.24, 2.45) is 12.8 Å². The van der Waals surface area contributed by atoms with Gasteiger partial charge in [-0.2, -0.15) is 5.10 Å². The Kier molecular flexibility index (Phi) is 5.84. The summed E-state index contributed by atoms with van der Waals surface area (Å²) in [5.41, 5.74) is 8.86. The van der Waals surface area contributed by atoms with Crippen molar-refractivity contribution in [1.82, 2.24) is 9.78 Å². The Bertz CT molecular complexity index is 626. The predicted molar refractivity (Wildman–Crippen MR) is 91.5 cm³/mol. The number of aromatic nitrogens is 2. The topological polar surface area (TPSA) is 53.1 Å². The van der Waals surface area contributed by atoms with Crippen LogP contribution in [0.4, 0.5) is 0 Å². The van der Waals surface area contributed by atoms with Crippen LogP contribution < -0.4 is 10.5 Å². The number of rotatable bonds is 6. The SMILES string of the molecule is CCc1nn(C)c(COc2ccc(Br)cc2CCN)c1Br. The van der Waals surface area contributed by atoms with Crippen LogP contribution in [-0.4, -0.2) is 16.3 Å². The molecule has 0 amide bonds. The second-order valence-electron chi connectivity index (χ2n) is 4.76. The van der Waals surface area contributed by atoms with Gasteiger partial charge >= 0.3 is 0 Å². The Balaban J connectivity index is 2.18. The highest BCUT2D eigenvalue weighted by Gasteiger charge is 2.14. The molecule has 2 aromatic rings. The van der Waals surface area contributed by atoms with Gasteiger partial charge in [-0.25, -0.2) is 0 Å². The Morgan fingerprint density at radius 3 is 2.71 bits per heavy atom. The average molecular weight is 417 g/mol. The molecule has 1 aromatic heterocycles. The van der Waals surface area contributed by atoms with E-state index in [0.717, 1.165) is 44.5 Å². The van der Waals surface area contributed by atoms with E-state index in [1.165, 1.54) is 0 Å². The molecule has 0 aliphatic heterocycles. The minimum absolute atomic E-state index is 0.475. The summed E-state index contributed by atoms with van der Waals surface area (Å²) in [6, 6.07) is 6.00. The quantitative estimate of drug-likeness (QED) is 0.782. The summed E-state index contributed by atoms with van der Waals surface area (Å²) in [5.74, 6) is 0.870. The molecule has 6 heteroatoms. The molecule has 0 aliphatic rings. The summed E-state index contributed by atoms with van der Waals surface area (Å²) in [7, 11) is 1.94. The summed E-state index contributed by atoms with van der Waals surface area (Å²) in [5, 5.41) is 4.48. The number of benzene rings is 1. The Morgan fingerprint density at radius 1 is 1.33 bits per heavy atom. The maximum atomic E-state index is 5.98. The Labute approximate surface area is 141 Å². The fraction of sp³-hybridized carbons (Fsp3) is 0.400. The molecule has 0 unspecified atom stereocenters. The number of nitrogens with zero attached hydrogens (tertiary/aromatic N) is 2. The molecule has 114 valence electrons. The van der Waals surface area contributed by atoms with Gasteiger partial charge in [0.05, 0.1) is 15.9 Å². The van der Waals surface area contributed by atoms with Crippen LogP contribution in [0.2, 0.25) is 0 Å². The molecule has 0 bridgehead atoms. The van der Waals surface area contributed by atoms with Gasteiger partial charge in [-0.1, -0.05) is 22.9 Å². The van der Waals surface area contributed by atoms with Crippen LogP contribution in [0.1, 0.15) is 23.9 Å². The Hall–Kier alpha value is -0.850. The largest absolute Gasteiger partial charge is 0.487 e. The number of halogens is 2. The third-order valence-electron chi connectivity index (χ3n) is 3.30. The highest BCUT2D eigenvalue weighted by Crippen LogP contribution is 2.27. The van der Waals surface area contributed by atoms with E-state index in [9.17, 15) is 0 Å². The third kappa shape index (κ3) is 3.87. The van der Waals surface area contributed by atoms with E-state index in [2.05, 4.69) is 49.9 Å². The van der Waals surface area contributed by atoms with Crippen LogP contribution in [0.3, 0.4) is 0 Å². The fourth-order valence-corrected chi connectivity index (χ4v) is 3.30. The van der Waals surface area contributed by atoms with Crippen LogP contribution >= 0.6 is 31.9 Å². The summed E-state index contributed by atoms with van der Waals surface area (Å²) < 4.78 is 9.92. The van der Waals surface area contributed by atoms with Crippen molar-refractivity contribution >= 4 is 31.9 Å². The predicted octanol–water partition coefficient (Wildman–Crippen LogP) is 3.59. The maximum Gasteiger partial charge on any atom is 0.131 e. The van der Waals surface area contributed by atoms with E-state index >= 15 is 0 Å². The number of hydrogen-bond donors (Lipinski definition) is 1. The zero-order valence-electron chi connectivity index (χ0n) is 12.2. The molecule has 0 fully saturated rings. The molecule has 2 N–H and O–H groups in total. The van der Waals surface area contributed by atoms with Crippen LogP contribution in [0.15, 0.2) is 27.1 Å². The zero-order valence-corrected chi connectivity index (χ0v) is 15.4. The molecule has 0 saturated heterocycles. The average Bonchev–Trinajstić information content (AvgIpc) is 2.73. The number of ether oxygens (including phenoxy) is 1. The van der Waals surface area contributed by atoms with E-state index in [1.807, 2.05) is 23.9 Å². The van der Waals surface area contributed by atoms with Crippen molar-refractivity contribution in [3.05, 3.63) is 44.1 Å². The molecule has 0 saturated carbocycles. The van der Waals surface area contributed by atoms with Crippen molar-refractivity contribution in [3.8, 4) is 5.75 Å². The molecule has 1 aromatic carbocycles. The normalized spacial score (nSPS) is 10.9. The van der Waals surface area contributed by atoms with Crippen LogP contribution in [0, 0.1) is 0 Å².